The largest absolute Gasteiger partial charge is 0.492 e. The summed E-state index contributed by atoms with van der Waals surface area (Å²) in [5.74, 6) is 1.97. The zero-order valence-electron chi connectivity index (χ0n) is 12.6. The van der Waals surface area contributed by atoms with Crippen LogP contribution in [0.3, 0.4) is 0 Å². The van der Waals surface area contributed by atoms with Gasteiger partial charge in [-0.15, -0.1) is 0 Å². The van der Waals surface area contributed by atoms with E-state index in [0.29, 0.717) is 30.2 Å². The molecule has 1 aliphatic heterocycles. The minimum Gasteiger partial charge on any atom is -0.492 e. The molecule has 6 heteroatoms. The number of halogens is 1. The van der Waals surface area contributed by atoms with Gasteiger partial charge in [-0.25, -0.2) is 0 Å². The third-order valence-electron chi connectivity index (χ3n) is 3.48. The van der Waals surface area contributed by atoms with E-state index in [1.165, 1.54) is 0 Å². The van der Waals surface area contributed by atoms with E-state index < -0.39 is 0 Å². The number of hydrogen-bond donors (Lipinski definition) is 0. The van der Waals surface area contributed by atoms with Gasteiger partial charge in [0.2, 0.25) is 6.79 Å². The van der Waals surface area contributed by atoms with Crippen LogP contribution >= 0.6 is 15.9 Å². The molecule has 1 amide bonds. The highest BCUT2D eigenvalue weighted by atomic mass is 79.9. The Hall–Kier alpha value is -2.21. The fourth-order valence-electron chi connectivity index (χ4n) is 2.18. The normalized spacial score (nSPS) is 12.1. The van der Waals surface area contributed by atoms with Crippen LogP contribution in [0.2, 0.25) is 0 Å². The summed E-state index contributed by atoms with van der Waals surface area (Å²) in [5.41, 5.74) is 0.570. The molecule has 0 unspecified atom stereocenters. The Labute approximate surface area is 142 Å². The summed E-state index contributed by atoms with van der Waals surface area (Å²) in [5, 5.41) is 0. The summed E-state index contributed by atoms with van der Waals surface area (Å²) in [7, 11) is 1.75. The number of carbonyl (C=O) groups excluding carboxylic acids is 1. The van der Waals surface area contributed by atoms with Crippen LogP contribution in [0.1, 0.15) is 10.4 Å². The van der Waals surface area contributed by atoms with Crippen LogP contribution in [0.15, 0.2) is 46.9 Å². The quantitative estimate of drug-likeness (QED) is 0.801. The zero-order chi connectivity index (χ0) is 16.2. The predicted octanol–water partition coefficient (Wildman–Crippen LogP) is 3.33. The Balaban J connectivity index is 1.54. The van der Waals surface area contributed by atoms with E-state index in [4.69, 9.17) is 14.2 Å². The molecule has 0 radical (unpaired) electrons. The van der Waals surface area contributed by atoms with E-state index in [1.54, 1.807) is 30.1 Å². The van der Waals surface area contributed by atoms with Gasteiger partial charge in [0.25, 0.3) is 5.91 Å². The predicted molar refractivity (Wildman–Crippen MR) is 89.2 cm³/mol. The Bertz CT molecular complexity index is 702. The third-order valence-corrected chi connectivity index (χ3v) is 4.00. The maximum atomic E-state index is 12.4. The van der Waals surface area contributed by atoms with Crippen LogP contribution < -0.4 is 14.2 Å². The summed E-state index contributed by atoms with van der Waals surface area (Å²) in [6.45, 7) is 1.11. The van der Waals surface area contributed by atoms with Crippen molar-refractivity contribution in [3.05, 3.63) is 52.5 Å². The second-order valence-corrected chi connectivity index (χ2v) is 6.01. The molecule has 2 aromatic carbocycles. The van der Waals surface area contributed by atoms with Gasteiger partial charge < -0.3 is 19.1 Å². The van der Waals surface area contributed by atoms with Crippen molar-refractivity contribution in [2.75, 3.05) is 27.0 Å². The molecule has 2 aromatic rings. The molecule has 5 nitrogen and oxygen atoms in total. The van der Waals surface area contributed by atoms with Gasteiger partial charge in [-0.05, 0) is 42.5 Å². The lowest BCUT2D eigenvalue weighted by molar-refractivity contribution is 0.0773. The maximum absolute atomic E-state index is 12.4. The molecule has 1 heterocycles. The van der Waals surface area contributed by atoms with E-state index in [9.17, 15) is 4.79 Å². The van der Waals surface area contributed by atoms with Gasteiger partial charge in [-0.1, -0.05) is 15.9 Å². The lowest BCUT2D eigenvalue weighted by Gasteiger charge is -2.17. The van der Waals surface area contributed by atoms with E-state index in [0.717, 1.165) is 10.2 Å². The number of fused-ring (bicyclic) bond motifs is 1. The summed E-state index contributed by atoms with van der Waals surface area (Å²) in [6, 6.07) is 12.8. The second kappa shape index (κ2) is 6.91. The molecule has 0 fully saturated rings. The van der Waals surface area contributed by atoms with Crippen LogP contribution in [0.4, 0.5) is 0 Å². The second-order valence-electron chi connectivity index (χ2n) is 5.10. The number of benzene rings is 2. The van der Waals surface area contributed by atoms with Crippen molar-refractivity contribution in [3.63, 3.8) is 0 Å². The molecular formula is C17H16BrNO4. The van der Waals surface area contributed by atoms with Crippen LogP contribution in [0.5, 0.6) is 17.2 Å². The first-order valence-corrected chi connectivity index (χ1v) is 7.96. The molecule has 0 saturated heterocycles. The topological polar surface area (TPSA) is 48.0 Å². The lowest BCUT2D eigenvalue weighted by atomic mass is 10.2. The Morgan fingerprint density at radius 3 is 2.70 bits per heavy atom. The fraction of sp³-hybridized carbons (Fsp3) is 0.235. The molecule has 0 N–H and O–H groups in total. The van der Waals surface area contributed by atoms with Crippen LogP contribution in [0, 0.1) is 0 Å². The molecule has 1 aliphatic rings. The first-order valence-electron chi connectivity index (χ1n) is 7.17. The smallest absolute Gasteiger partial charge is 0.253 e. The third kappa shape index (κ3) is 3.76. The van der Waals surface area contributed by atoms with Gasteiger partial charge >= 0.3 is 0 Å². The minimum absolute atomic E-state index is 0.0808. The average Bonchev–Trinajstić information content (AvgIpc) is 3.03. The van der Waals surface area contributed by atoms with Crippen LogP contribution in [-0.2, 0) is 0 Å². The molecular weight excluding hydrogens is 362 g/mol. The number of hydrogen-bond acceptors (Lipinski definition) is 4. The highest BCUT2D eigenvalue weighted by Gasteiger charge is 2.18. The summed E-state index contributed by atoms with van der Waals surface area (Å²) < 4.78 is 17.2. The van der Waals surface area contributed by atoms with Gasteiger partial charge in [0.05, 0.1) is 6.54 Å². The highest BCUT2D eigenvalue weighted by molar-refractivity contribution is 9.10. The van der Waals surface area contributed by atoms with E-state index >= 15 is 0 Å². The number of amides is 1. The van der Waals surface area contributed by atoms with Gasteiger partial charge in [0.15, 0.2) is 11.5 Å². The van der Waals surface area contributed by atoms with Gasteiger partial charge in [-0.3, -0.25) is 4.79 Å². The maximum Gasteiger partial charge on any atom is 0.253 e. The lowest BCUT2D eigenvalue weighted by Crippen LogP contribution is -2.30. The average molecular weight is 378 g/mol. The molecule has 0 atom stereocenters. The Morgan fingerprint density at radius 2 is 1.91 bits per heavy atom. The van der Waals surface area contributed by atoms with E-state index in [1.807, 2.05) is 24.3 Å². The minimum atomic E-state index is -0.0808. The Morgan fingerprint density at radius 1 is 1.17 bits per heavy atom. The molecule has 23 heavy (non-hydrogen) atoms. The van der Waals surface area contributed by atoms with Crippen molar-refractivity contribution in [3.8, 4) is 17.2 Å². The summed E-state index contributed by atoms with van der Waals surface area (Å²) in [4.78, 5) is 14.0. The molecule has 3 rings (SSSR count). The molecule has 0 saturated carbocycles. The molecule has 0 spiro atoms. The monoisotopic (exact) mass is 377 g/mol. The van der Waals surface area contributed by atoms with Gasteiger partial charge in [0, 0.05) is 17.1 Å². The number of carbonyl (C=O) groups is 1. The number of rotatable bonds is 5. The van der Waals surface area contributed by atoms with E-state index in [2.05, 4.69) is 15.9 Å². The molecule has 120 valence electrons. The van der Waals surface area contributed by atoms with Gasteiger partial charge in [-0.2, -0.15) is 0 Å². The first-order chi connectivity index (χ1) is 11.1. The summed E-state index contributed by atoms with van der Waals surface area (Å²) >= 11 is 3.38. The Kier molecular flexibility index (Phi) is 4.71. The summed E-state index contributed by atoms with van der Waals surface area (Å²) in [6.07, 6.45) is 0. The first kappa shape index (κ1) is 15.7. The van der Waals surface area contributed by atoms with Crippen molar-refractivity contribution in [1.29, 1.82) is 0 Å². The van der Waals surface area contributed by atoms with E-state index in [-0.39, 0.29) is 12.7 Å². The molecule has 0 aliphatic carbocycles. The number of nitrogens with zero attached hydrogens (tertiary/aromatic N) is 1. The standard InChI is InChI=1S/C17H16BrNO4/c1-19(8-9-21-14-5-3-13(18)4-6-14)17(20)12-2-7-15-16(10-12)23-11-22-15/h2-7,10H,8-9,11H2,1H3. The van der Waals surface area contributed by atoms with Crippen molar-refractivity contribution >= 4 is 21.8 Å². The van der Waals surface area contributed by atoms with Crippen molar-refractivity contribution in [2.24, 2.45) is 0 Å². The van der Waals surface area contributed by atoms with Crippen LogP contribution in [0.25, 0.3) is 0 Å². The highest BCUT2D eigenvalue weighted by Crippen LogP contribution is 2.32. The zero-order valence-corrected chi connectivity index (χ0v) is 14.2. The molecule has 0 bridgehead atoms. The molecule has 0 aromatic heterocycles. The van der Waals surface area contributed by atoms with Crippen molar-refractivity contribution in [2.45, 2.75) is 0 Å². The van der Waals surface area contributed by atoms with Crippen molar-refractivity contribution in [1.82, 2.24) is 4.90 Å². The number of ether oxygens (including phenoxy) is 3. The fourth-order valence-corrected chi connectivity index (χ4v) is 2.45. The van der Waals surface area contributed by atoms with Crippen molar-refractivity contribution < 1.29 is 19.0 Å². The number of likely N-dealkylation sites (N-methyl/N-ethyl adjacent to an activating group) is 1. The van der Waals surface area contributed by atoms with Gasteiger partial charge in [0.1, 0.15) is 12.4 Å². The SMILES string of the molecule is CN(CCOc1ccc(Br)cc1)C(=O)c1ccc2c(c1)OCO2. The van der Waals surface area contributed by atoms with Crippen LogP contribution in [-0.4, -0.2) is 37.8 Å².